The van der Waals surface area contributed by atoms with Crippen molar-refractivity contribution in [3.63, 3.8) is 0 Å². The zero-order chi connectivity index (χ0) is 24.5. The maximum Gasteiger partial charge on any atom is 0.332 e. The van der Waals surface area contributed by atoms with E-state index in [0.717, 1.165) is 48.3 Å². The van der Waals surface area contributed by atoms with Gasteiger partial charge in [0.2, 0.25) is 0 Å². The molecule has 0 saturated carbocycles. The molecule has 7 nitrogen and oxygen atoms in total. The average Bonchev–Trinajstić information content (AvgIpc) is 3.22. The first kappa shape index (κ1) is 23.6. The van der Waals surface area contributed by atoms with Gasteiger partial charge in [0.05, 0.1) is 6.54 Å². The van der Waals surface area contributed by atoms with Crippen LogP contribution in [0.3, 0.4) is 0 Å². The molecule has 2 aromatic heterocycles. The third-order valence-corrected chi connectivity index (χ3v) is 7.37. The molecule has 0 N–H and O–H groups in total. The van der Waals surface area contributed by atoms with Gasteiger partial charge in [0.25, 0.3) is 5.56 Å². The molecular formula is C27H30ClN5O2. The molecule has 0 atom stereocenters. The molecule has 0 radical (unpaired) electrons. The van der Waals surface area contributed by atoms with Crippen LogP contribution in [0.1, 0.15) is 29.8 Å². The lowest BCUT2D eigenvalue weighted by atomic mass is 9.90. The number of aromatic nitrogens is 4. The highest BCUT2D eigenvalue weighted by Gasteiger charge is 2.24. The Morgan fingerprint density at radius 1 is 0.886 bits per heavy atom. The molecule has 4 aromatic rings. The van der Waals surface area contributed by atoms with Gasteiger partial charge >= 0.3 is 5.69 Å². The first-order valence-corrected chi connectivity index (χ1v) is 12.4. The van der Waals surface area contributed by atoms with Crippen LogP contribution < -0.4 is 11.2 Å². The first-order valence-electron chi connectivity index (χ1n) is 12.1. The van der Waals surface area contributed by atoms with Crippen LogP contribution in [-0.4, -0.2) is 36.7 Å². The summed E-state index contributed by atoms with van der Waals surface area (Å²) in [6.45, 7) is 3.09. The number of imidazole rings is 1. The quantitative estimate of drug-likeness (QED) is 0.413. The normalized spacial score (nSPS) is 15.2. The van der Waals surface area contributed by atoms with Gasteiger partial charge in [-0.3, -0.25) is 18.8 Å². The highest BCUT2D eigenvalue weighted by molar-refractivity contribution is 6.30. The van der Waals surface area contributed by atoms with Gasteiger partial charge in [0.1, 0.15) is 5.82 Å². The number of likely N-dealkylation sites (tertiary alicyclic amines) is 1. The van der Waals surface area contributed by atoms with E-state index in [1.165, 1.54) is 17.2 Å². The van der Waals surface area contributed by atoms with E-state index in [4.69, 9.17) is 16.6 Å². The number of nitrogens with zero attached hydrogens (tertiary/aromatic N) is 5. The summed E-state index contributed by atoms with van der Waals surface area (Å²) in [7, 11) is 3.18. The van der Waals surface area contributed by atoms with Crippen molar-refractivity contribution in [3.05, 3.63) is 97.4 Å². The van der Waals surface area contributed by atoms with E-state index in [9.17, 15) is 9.59 Å². The smallest absolute Gasteiger partial charge is 0.317 e. The molecule has 182 valence electrons. The molecule has 0 unspecified atom stereocenters. The van der Waals surface area contributed by atoms with Crippen molar-refractivity contribution in [3.8, 4) is 0 Å². The van der Waals surface area contributed by atoms with Crippen molar-refractivity contribution in [2.75, 3.05) is 13.1 Å². The minimum atomic E-state index is -0.369. The predicted octanol–water partition coefficient (Wildman–Crippen LogP) is 3.59. The molecule has 35 heavy (non-hydrogen) atoms. The largest absolute Gasteiger partial charge is 0.332 e. The Morgan fingerprint density at radius 3 is 2.26 bits per heavy atom. The van der Waals surface area contributed by atoms with E-state index in [0.29, 0.717) is 35.2 Å². The van der Waals surface area contributed by atoms with E-state index in [2.05, 4.69) is 35.2 Å². The van der Waals surface area contributed by atoms with Gasteiger partial charge in [0, 0.05) is 25.7 Å². The van der Waals surface area contributed by atoms with E-state index in [1.54, 1.807) is 7.05 Å². The van der Waals surface area contributed by atoms with Gasteiger partial charge in [0.15, 0.2) is 11.2 Å². The number of hydrogen-bond donors (Lipinski definition) is 0. The van der Waals surface area contributed by atoms with E-state index in [-0.39, 0.29) is 11.2 Å². The Balaban J connectivity index is 1.42. The molecule has 5 rings (SSSR count). The predicted molar refractivity (Wildman–Crippen MR) is 139 cm³/mol. The minimum Gasteiger partial charge on any atom is -0.317 e. The number of rotatable bonds is 6. The minimum absolute atomic E-state index is 0.322. The summed E-state index contributed by atoms with van der Waals surface area (Å²) in [5, 5.41) is 0.668. The second-order valence-corrected chi connectivity index (χ2v) is 9.96. The number of hydrogen-bond acceptors (Lipinski definition) is 4. The lowest BCUT2D eigenvalue weighted by molar-refractivity contribution is 0.172. The molecule has 0 aliphatic carbocycles. The van der Waals surface area contributed by atoms with Gasteiger partial charge in [-0.05, 0) is 61.5 Å². The molecular weight excluding hydrogens is 462 g/mol. The monoisotopic (exact) mass is 491 g/mol. The van der Waals surface area contributed by atoms with Crippen molar-refractivity contribution in [2.24, 2.45) is 20.0 Å². The lowest BCUT2D eigenvalue weighted by Crippen LogP contribution is -2.37. The summed E-state index contributed by atoms with van der Waals surface area (Å²) >= 11 is 6.08. The number of piperidine rings is 1. The van der Waals surface area contributed by atoms with Crippen LogP contribution in [0, 0.1) is 5.92 Å². The molecule has 3 heterocycles. The molecule has 8 heteroatoms. The third-order valence-electron chi connectivity index (χ3n) is 7.12. The number of halogens is 1. The molecule has 0 bridgehead atoms. The lowest BCUT2D eigenvalue weighted by Gasteiger charge is -2.31. The molecule has 0 spiro atoms. The van der Waals surface area contributed by atoms with Gasteiger partial charge in [-0.2, -0.15) is 0 Å². The Bertz CT molecular complexity index is 1450. The van der Waals surface area contributed by atoms with Crippen molar-refractivity contribution in [2.45, 2.75) is 32.4 Å². The summed E-state index contributed by atoms with van der Waals surface area (Å²) in [6, 6.07) is 18.3. The summed E-state index contributed by atoms with van der Waals surface area (Å²) < 4.78 is 4.59. The van der Waals surface area contributed by atoms with Gasteiger partial charge < -0.3 is 4.57 Å². The third kappa shape index (κ3) is 4.83. The zero-order valence-corrected chi connectivity index (χ0v) is 20.9. The number of benzene rings is 2. The number of fused-ring (bicyclic) bond motifs is 1. The van der Waals surface area contributed by atoms with E-state index < -0.39 is 0 Å². The van der Waals surface area contributed by atoms with Crippen molar-refractivity contribution in [1.82, 2.24) is 23.6 Å². The summed E-state index contributed by atoms with van der Waals surface area (Å²) in [6.07, 6.45) is 3.38. The SMILES string of the molecule is Cn1c(=O)c2c(nc(CN3CCC(Cc4ccccc4)CC3)n2Cc2ccc(Cl)cc2)n(C)c1=O. The van der Waals surface area contributed by atoms with Crippen molar-refractivity contribution >= 4 is 22.8 Å². The topological polar surface area (TPSA) is 65.1 Å². The maximum absolute atomic E-state index is 13.1. The molecule has 1 saturated heterocycles. The summed E-state index contributed by atoms with van der Waals surface area (Å²) in [5.74, 6) is 1.48. The Hall–Kier alpha value is -3.16. The van der Waals surface area contributed by atoms with Gasteiger partial charge in [-0.1, -0.05) is 54.1 Å². The summed E-state index contributed by atoms with van der Waals surface area (Å²) in [5.41, 5.74) is 2.61. The maximum atomic E-state index is 13.1. The molecule has 1 aliphatic heterocycles. The van der Waals surface area contributed by atoms with E-state index in [1.807, 2.05) is 28.8 Å². The zero-order valence-electron chi connectivity index (χ0n) is 20.2. The second-order valence-electron chi connectivity index (χ2n) is 9.53. The van der Waals surface area contributed by atoms with Crippen LogP contribution in [0.15, 0.2) is 64.2 Å². The van der Waals surface area contributed by atoms with Crippen LogP contribution in [-0.2, 0) is 33.6 Å². The van der Waals surface area contributed by atoms with Gasteiger partial charge in [-0.15, -0.1) is 0 Å². The van der Waals surface area contributed by atoms with Crippen molar-refractivity contribution in [1.29, 1.82) is 0 Å². The Morgan fingerprint density at radius 2 is 1.57 bits per heavy atom. The molecule has 0 amide bonds. The van der Waals surface area contributed by atoms with Gasteiger partial charge in [-0.25, -0.2) is 9.78 Å². The number of aryl methyl sites for hydroxylation is 1. The fourth-order valence-corrected chi connectivity index (χ4v) is 5.18. The second kappa shape index (κ2) is 9.84. The average molecular weight is 492 g/mol. The fourth-order valence-electron chi connectivity index (χ4n) is 5.05. The van der Waals surface area contributed by atoms with Crippen LogP contribution in [0.4, 0.5) is 0 Å². The molecule has 1 fully saturated rings. The van der Waals surface area contributed by atoms with E-state index >= 15 is 0 Å². The first-order chi connectivity index (χ1) is 16.9. The Kier molecular flexibility index (Phi) is 6.62. The highest BCUT2D eigenvalue weighted by atomic mass is 35.5. The van der Waals surface area contributed by atoms with Crippen molar-refractivity contribution < 1.29 is 0 Å². The highest BCUT2D eigenvalue weighted by Crippen LogP contribution is 2.24. The standard InChI is InChI=1S/C27H30ClN5O2/c1-30-25-24(26(34)31(2)27(30)35)33(17-21-8-10-22(28)11-9-21)23(29-25)18-32-14-12-20(13-15-32)16-19-6-4-3-5-7-19/h3-11,20H,12-18H2,1-2H3. The van der Waals surface area contributed by atoms with Crippen LogP contribution in [0.25, 0.3) is 11.2 Å². The molecule has 1 aliphatic rings. The fraction of sp³-hybridized carbons (Fsp3) is 0.370. The van der Waals surface area contributed by atoms with Crippen LogP contribution >= 0.6 is 11.6 Å². The van der Waals surface area contributed by atoms with Crippen LogP contribution in [0.2, 0.25) is 5.02 Å². The molecule has 2 aromatic carbocycles. The summed E-state index contributed by atoms with van der Waals surface area (Å²) in [4.78, 5) is 32.9. The van der Waals surface area contributed by atoms with Crippen LogP contribution in [0.5, 0.6) is 0 Å². The Labute approximate surface area is 209 Å².